The van der Waals surface area contributed by atoms with E-state index >= 15 is 0 Å². The molecule has 0 radical (unpaired) electrons. The van der Waals surface area contributed by atoms with Gasteiger partial charge < -0.3 is 4.98 Å². The van der Waals surface area contributed by atoms with Crippen molar-refractivity contribution in [3.8, 4) is 5.69 Å². The number of nitrogens with one attached hydrogen (secondary N) is 3. The van der Waals surface area contributed by atoms with Crippen LogP contribution in [0, 0.1) is 0 Å². The number of rotatable bonds is 2. The first kappa shape index (κ1) is 14.5. The van der Waals surface area contributed by atoms with Crippen LogP contribution in [0.5, 0.6) is 0 Å². The van der Waals surface area contributed by atoms with Crippen LogP contribution in [0.1, 0.15) is 0 Å². The number of benzene rings is 1. The van der Waals surface area contributed by atoms with Crippen molar-refractivity contribution in [2.75, 3.05) is 6.26 Å². The van der Waals surface area contributed by atoms with Gasteiger partial charge in [0.05, 0.1) is 11.1 Å². The van der Waals surface area contributed by atoms with E-state index < -0.39 is 16.5 Å². The number of H-pyrrole nitrogens is 3. The van der Waals surface area contributed by atoms with Crippen molar-refractivity contribution < 1.29 is 0 Å². The van der Waals surface area contributed by atoms with Gasteiger partial charge in [-0.15, -0.1) is 11.8 Å². The van der Waals surface area contributed by atoms with E-state index in [4.69, 9.17) is 0 Å². The van der Waals surface area contributed by atoms with Crippen LogP contribution in [-0.4, -0.2) is 31.2 Å². The molecule has 8 nitrogen and oxygen atoms in total. The number of nitrogens with zero attached hydrogens (tertiary/aromatic N) is 2. The Morgan fingerprint density at radius 2 is 1.71 bits per heavy atom. The average Bonchev–Trinajstić information content (AvgIpc) is 2.98. The standard InChI is InChI=1S/C15H11N5O3S/c1-24-15-9-11(21)8-10(14(23)18-17-13(8)22)16-12(9)20(19-15)7-5-3-2-4-6-7/h2-6H,1H3,(H,16,21)(H,17,22)(H,18,23). The Labute approximate surface area is 137 Å². The minimum absolute atomic E-state index is 0.0685. The third-order valence-corrected chi connectivity index (χ3v) is 4.41. The molecule has 3 N–H and O–H groups in total. The van der Waals surface area contributed by atoms with Crippen LogP contribution in [0.25, 0.3) is 27.6 Å². The second kappa shape index (κ2) is 5.24. The Morgan fingerprint density at radius 1 is 1.00 bits per heavy atom. The highest BCUT2D eigenvalue weighted by Crippen LogP contribution is 2.25. The SMILES string of the molecule is CSc1nn(-c2ccccc2)c2[nH]c3c(=O)[nH][nH]c(=O)c3c(=O)c12. The largest absolute Gasteiger partial charge is 0.334 e. The van der Waals surface area contributed by atoms with Gasteiger partial charge in [-0.2, -0.15) is 5.10 Å². The number of aromatic nitrogens is 5. The maximum Gasteiger partial charge on any atom is 0.287 e. The highest BCUT2D eigenvalue weighted by molar-refractivity contribution is 7.98. The van der Waals surface area contributed by atoms with Crippen LogP contribution in [0.2, 0.25) is 0 Å². The summed E-state index contributed by atoms with van der Waals surface area (Å²) >= 11 is 1.30. The summed E-state index contributed by atoms with van der Waals surface area (Å²) < 4.78 is 1.56. The molecule has 0 atom stereocenters. The Bertz CT molecular complexity index is 1250. The molecule has 3 heterocycles. The minimum atomic E-state index is -0.646. The summed E-state index contributed by atoms with van der Waals surface area (Å²) in [6.07, 6.45) is 1.79. The zero-order valence-corrected chi connectivity index (χ0v) is 13.2. The average molecular weight is 341 g/mol. The number of hydrogen-bond acceptors (Lipinski definition) is 5. The van der Waals surface area contributed by atoms with E-state index in [0.717, 1.165) is 5.69 Å². The zero-order chi connectivity index (χ0) is 16.8. The molecule has 0 fully saturated rings. The second-order valence-corrected chi connectivity index (χ2v) is 5.89. The van der Waals surface area contributed by atoms with Crippen molar-refractivity contribution in [1.29, 1.82) is 0 Å². The van der Waals surface area contributed by atoms with Gasteiger partial charge in [0, 0.05) is 0 Å². The van der Waals surface area contributed by atoms with E-state index in [9.17, 15) is 14.4 Å². The van der Waals surface area contributed by atoms with Crippen molar-refractivity contribution in [2.24, 2.45) is 0 Å². The molecule has 0 aliphatic heterocycles. The fraction of sp³-hybridized carbons (Fsp3) is 0.0667. The smallest absolute Gasteiger partial charge is 0.287 e. The maximum absolute atomic E-state index is 12.8. The summed E-state index contributed by atoms with van der Waals surface area (Å²) in [5, 5.41) is 9.41. The molecule has 0 saturated heterocycles. The van der Waals surface area contributed by atoms with Crippen LogP contribution in [0.15, 0.2) is 49.7 Å². The van der Waals surface area contributed by atoms with Crippen molar-refractivity contribution in [3.05, 3.63) is 61.3 Å². The third kappa shape index (κ3) is 1.95. The Morgan fingerprint density at radius 3 is 2.42 bits per heavy atom. The molecule has 0 bridgehead atoms. The number of thioether (sulfide) groups is 1. The van der Waals surface area contributed by atoms with Crippen LogP contribution in [0.3, 0.4) is 0 Å². The predicted molar refractivity (Wildman–Crippen MR) is 92.2 cm³/mol. The topological polar surface area (TPSA) is 116 Å². The van der Waals surface area contributed by atoms with Gasteiger partial charge in [-0.1, -0.05) is 18.2 Å². The molecule has 4 rings (SSSR count). The van der Waals surface area contributed by atoms with Gasteiger partial charge in [0.25, 0.3) is 11.1 Å². The predicted octanol–water partition coefficient (Wildman–Crippen LogP) is 0.965. The van der Waals surface area contributed by atoms with E-state index in [1.807, 2.05) is 30.3 Å². The normalized spacial score (nSPS) is 11.4. The lowest BCUT2D eigenvalue weighted by Gasteiger charge is -2.03. The Balaban J connectivity index is 2.27. The lowest BCUT2D eigenvalue weighted by molar-refractivity contribution is 0.853. The fourth-order valence-corrected chi connectivity index (χ4v) is 3.22. The van der Waals surface area contributed by atoms with Crippen LogP contribution >= 0.6 is 11.8 Å². The van der Waals surface area contributed by atoms with Crippen molar-refractivity contribution in [2.45, 2.75) is 5.03 Å². The number of aromatic amines is 3. The van der Waals surface area contributed by atoms with E-state index in [0.29, 0.717) is 10.7 Å². The molecule has 9 heteroatoms. The molecular formula is C15H11N5O3S. The first-order chi connectivity index (χ1) is 11.6. The highest BCUT2D eigenvalue weighted by atomic mass is 32.2. The summed E-state index contributed by atoms with van der Waals surface area (Å²) in [5.41, 5.74) is -0.695. The van der Waals surface area contributed by atoms with Gasteiger partial charge in [0.1, 0.15) is 21.6 Å². The van der Waals surface area contributed by atoms with E-state index in [-0.39, 0.29) is 16.3 Å². The lowest BCUT2D eigenvalue weighted by atomic mass is 10.2. The van der Waals surface area contributed by atoms with Crippen molar-refractivity contribution in [1.82, 2.24) is 25.0 Å². The second-order valence-electron chi connectivity index (χ2n) is 5.09. The molecule has 0 unspecified atom stereocenters. The fourth-order valence-electron chi connectivity index (χ4n) is 2.66. The number of hydrogen-bond donors (Lipinski definition) is 3. The molecule has 0 saturated carbocycles. The van der Waals surface area contributed by atoms with Gasteiger partial charge in [-0.05, 0) is 18.4 Å². The molecule has 120 valence electrons. The summed E-state index contributed by atoms with van der Waals surface area (Å²) in [6, 6.07) is 9.23. The summed E-state index contributed by atoms with van der Waals surface area (Å²) in [7, 11) is 0. The summed E-state index contributed by atoms with van der Waals surface area (Å²) in [6.45, 7) is 0. The van der Waals surface area contributed by atoms with Crippen LogP contribution in [0.4, 0.5) is 0 Å². The van der Waals surface area contributed by atoms with Gasteiger partial charge in [0.15, 0.2) is 0 Å². The van der Waals surface area contributed by atoms with Gasteiger partial charge in [0.2, 0.25) is 5.43 Å². The van der Waals surface area contributed by atoms with Gasteiger partial charge in [-0.25, -0.2) is 4.68 Å². The van der Waals surface area contributed by atoms with Crippen molar-refractivity contribution >= 4 is 33.7 Å². The Hall–Kier alpha value is -3.07. The highest BCUT2D eigenvalue weighted by Gasteiger charge is 2.20. The number of fused-ring (bicyclic) bond motifs is 2. The maximum atomic E-state index is 12.8. The molecule has 24 heavy (non-hydrogen) atoms. The number of pyridine rings is 1. The minimum Gasteiger partial charge on any atom is -0.334 e. The monoisotopic (exact) mass is 341 g/mol. The lowest BCUT2D eigenvalue weighted by Crippen LogP contribution is -2.25. The molecule has 4 aromatic rings. The van der Waals surface area contributed by atoms with E-state index in [1.165, 1.54) is 11.8 Å². The molecule has 1 aromatic carbocycles. The van der Waals surface area contributed by atoms with Crippen LogP contribution in [-0.2, 0) is 0 Å². The molecule has 0 aliphatic carbocycles. The summed E-state index contributed by atoms with van der Waals surface area (Å²) in [4.78, 5) is 39.7. The molecular weight excluding hydrogens is 330 g/mol. The van der Waals surface area contributed by atoms with Gasteiger partial charge in [-0.3, -0.25) is 24.6 Å². The summed E-state index contributed by atoms with van der Waals surface area (Å²) in [5.74, 6) is 0. The third-order valence-electron chi connectivity index (χ3n) is 3.74. The quantitative estimate of drug-likeness (QED) is 0.470. The molecule has 0 spiro atoms. The zero-order valence-electron chi connectivity index (χ0n) is 12.4. The van der Waals surface area contributed by atoms with Crippen molar-refractivity contribution in [3.63, 3.8) is 0 Å². The molecule has 3 aromatic heterocycles. The van der Waals surface area contributed by atoms with Crippen LogP contribution < -0.4 is 16.5 Å². The molecule has 0 amide bonds. The Kier molecular flexibility index (Phi) is 3.17. The number of para-hydroxylation sites is 1. The first-order valence-electron chi connectivity index (χ1n) is 7.01. The first-order valence-corrected chi connectivity index (χ1v) is 8.23. The molecule has 0 aliphatic rings. The van der Waals surface area contributed by atoms with E-state index in [1.54, 1.807) is 10.9 Å². The van der Waals surface area contributed by atoms with E-state index in [2.05, 4.69) is 20.3 Å². The van der Waals surface area contributed by atoms with Gasteiger partial charge >= 0.3 is 0 Å².